The van der Waals surface area contributed by atoms with Crippen molar-refractivity contribution in [2.24, 2.45) is 0 Å². The number of nitrogens with one attached hydrogen (secondary N) is 2. The summed E-state index contributed by atoms with van der Waals surface area (Å²) in [4.78, 5) is 13.8. The Kier molecular flexibility index (Phi) is 6.65. The van der Waals surface area contributed by atoms with Gasteiger partial charge < -0.3 is 20.3 Å². The summed E-state index contributed by atoms with van der Waals surface area (Å²) < 4.78 is 5.62. The summed E-state index contributed by atoms with van der Waals surface area (Å²) in [5.74, 6) is 1.01. The van der Waals surface area contributed by atoms with Crippen LogP contribution in [0.25, 0.3) is 0 Å². The van der Waals surface area contributed by atoms with Gasteiger partial charge in [0.05, 0.1) is 12.3 Å². The number of anilines is 1. The van der Waals surface area contributed by atoms with E-state index in [1.807, 2.05) is 48.2 Å². The molecule has 2 N–H and O–H groups in total. The predicted molar refractivity (Wildman–Crippen MR) is 112 cm³/mol. The third-order valence-corrected chi connectivity index (χ3v) is 4.77. The average molecular weight is 384 g/mol. The molecule has 0 spiro atoms. The summed E-state index contributed by atoms with van der Waals surface area (Å²) >= 11 is 5.44. The molecule has 1 aliphatic heterocycles. The predicted octanol–water partition coefficient (Wildman–Crippen LogP) is 3.69. The zero-order chi connectivity index (χ0) is 19.1. The van der Waals surface area contributed by atoms with Gasteiger partial charge in [0.2, 0.25) is 5.91 Å². The maximum Gasteiger partial charge on any atom is 0.222 e. The number of hydrogen-bond donors (Lipinski definition) is 2. The Morgan fingerprint density at radius 1 is 1.15 bits per heavy atom. The number of likely N-dealkylation sites (tertiary alicyclic amines) is 1. The molecule has 0 aliphatic carbocycles. The third-order valence-electron chi connectivity index (χ3n) is 4.53. The van der Waals surface area contributed by atoms with E-state index in [0.29, 0.717) is 31.2 Å². The largest absolute Gasteiger partial charge is 0.492 e. The number of ether oxygens (including phenoxy) is 1. The Morgan fingerprint density at radius 2 is 1.89 bits per heavy atom. The molecule has 1 aliphatic rings. The molecule has 3 rings (SSSR count). The van der Waals surface area contributed by atoms with Crippen LogP contribution in [0.15, 0.2) is 48.5 Å². The topological polar surface area (TPSA) is 53.6 Å². The van der Waals surface area contributed by atoms with E-state index < -0.39 is 0 Å². The first-order valence-corrected chi connectivity index (χ1v) is 9.69. The van der Waals surface area contributed by atoms with E-state index in [1.54, 1.807) is 0 Å². The fraction of sp³-hybridized carbons (Fsp3) is 0.333. The number of para-hydroxylation sites is 2. The van der Waals surface area contributed by atoms with Crippen LogP contribution in [0.2, 0.25) is 0 Å². The van der Waals surface area contributed by atoms with Crippen molar-refractivity contribution in [1.82, 2.24) is 10.2 Å². The van der Waals surface area contributed by atoms with Crippen LogP contribution in [0, 0.1) is 0 Å². The van der Waals surface area contributed by atoms with E-state index in [0.717, 1.165) is 35.5 Å². The van der Waals surface area contributed by atoms with Crippen molar-refractivity contribution >= 4 is 28.9 Å². The quantitative estimate of drug-likeness (QED) is 0.714. The number of rotatable bonds is 7. The minimum Gasteiger partial charge on any atom is -0.492 e. The van der Waals surface area contributed by atoms with Crippen LogP contribution in [0.4, 0.5) is 5.69 Å². The van der Waals surface area contributed by atoms with Crippen LogP contribution in [-0.4, -0.2) is 29.1 Å². The highest BCUT2D eigenvalue weighted by Crippen LogP contribution is 2.23. The number of carbonyl (C=O) groups is 1. The second-order valence-corrected chi connectivity index (χ2v) is 6.83. The van der Waals surface area contributed by atoms with Gasteiger partial charge in [-0.05, 0) is 48.8 Å². The zero-order valence-electron chi connectivity index (χ0n) is 15.5. The third kappa shape index (κ3) is 5.20. The van der Waals surface area contributed by atoms with Gasteiger partial charge in [0.15, 0.2) is 5.11 Å². The highest BCUT2D eigenvalue weighted by atomic mass is 32.1. The first-order chi connectivity index (χ1) is 13.2. The van der Waals surface area contributed by atoms with E-state index in [-0.39, 0.29) is 5.91 Å². The Hall–Kier alpha value is -2.60. The SMILES string of the molecule is CCOc1ccccc1NC(=S)NCc1ccccc1CN1CCCC1=O. The van der Waals surface area contributed by atoms with Gasteiger partial charge in [-0.1, -0.05) is 36.4 Å². The Balaban J connectivity index is 1.60. The molecule has 1 saturated heterocycles. The molecule has 0 unspecified atom stereocenters. The molecule has 27 heavy (non-hydrogen) atoms. The molecule has 1 heterocycles. The molecule has 0 radical (unpaired) electrons. The first-order valence-electron chi connectivity index (χ1n) is 9.28. The van der Waals surface area contributed by atoms with Gasteiger partial charge in [-0.25, -0.2) is 0 Å². The Morgan fingerprint density at radius 3 is 2.63 bits per heavy atom. The van der Waals surface area contributed by atoms with E-state index in [2.05, 4.69) is 22.8 Å². The van der Waals surface area contributed by atoms with Gasteiger partial charge in [0.25, 0.3) is 0 Å². The molecule has 2 aromatic carbocycles. The summed E-state index contributed by atoms with van der Waals surface area (Å²) in [6.45, 7) is 4.65. The fourth-order valence-corrected chi connectivity index (χ4v) is 3.34. The van der Waals surface area contributed by atoms with Crippen molar-refractivity contribution in [3.63, 3.8) is 0 Å². The molecule has 142 valence electrons. The molecular formula is C21H25N3O2S. The van der Waals surface area contributed by atoms with Gasteiger partial charge >= 0.3 is 0 Å². The van der Waals surface area contributed by atoms with Crippen molar-refractivity contribution in [1.29, 1.82) is 0 Å². The van der Waals surface area contributed by atoms with Crippen LogP contribution in [-0.2, 0) is 17.9 Å². The zero-order valence-corrected chi connectivity index (χ0v) is 16.3. The highest BCUT2D eigenvalue weighted by molar-refractivity contribution is 7.80. The maximum absolute atomic E-state index is 11.9. The smallest absolute Gasteiger partial charge is 0.222 e. The fourth-order valence-electron chi connectivity index (χ4n) is 3.15. The number of amides is 1. The van der Waals surface area contributed by atoms with Crippen molar-refractivity contribution < 1.29 is 9.53 Å². The second-order valence-electron chi connectivity index (χ2n) is 6.42. The molecule has 1 fully saturated rings. The molecule has 1 amide bonds. The number of benzene rings is 2. The summed E-state index contributed by atoms with van der Waals surface area (Å²) in [6, 6.07) is 15.9. The highest BCUT2D eigenvalue weighted by Gasteiger charge is 2.20. The van der Waals surface area contributed by atoms with Crippen molar-refractivity contribution in [3.05, 3.63) is 59.7 Å². The van der Waals surface area contributed by atoms with Crippen LogP contribution in [0.3, 0.4) is 0 Å². The minimum absolute atomic E-state index is 0.238. The van der Waals surface area contributed by atoms with Crippen molar-refractivity contribution in [2.75, 3.05) is 18.5 Å². The molecule has 0 saturated carbocycles. The number of nitrogens with zero attached hydrogens (tertiary/aromatic N) is 1. The standard InChI is InChI=1S/C21H25N3O2S/c1-2-26-19-11-6-5-10-18(19)23-21(27)22-14-16-8-3-4-9-17(16)15-24-13-7-12-20(24)25/h3-6,8-11H,2,7,12-15H2,1H3,(H2,22,23,27). The summed E-state index contributed by atoms with van der Waals surface area (Å²) in [7, 11) is 0. The number of hydrogen-bond acceptors (Lipinski definition) is 3. The second kappa shape index (κ2) is 9.37. The van der Waals surface area contributed by atoms with Gasteiger partial charge in [0, 0.05) is 26.1 Å². The number of carbonyl (C=O) groups excluding carboxylic acids is 1. The lowest BCUT2D eigenvalue weighted by Gasteiger charge is -2.19. The molecule has 0 aromatic heterocycles. The Bertz CT molecular complexity index is 810. The van der Waals surface area contributed by atoms with E-state index >= 15 is 0 Å². The van der Waals surface area contributed by atoms with Crippen LogP contribution < -0.4 is 15.4 Å². The van der Waals surface area contributed by atoms with Gasteiger partial charge in [-0.2, -0.15) is 0 Å². The molecule has 0 atom stereocenters. The van der Waals surface area contributed by atoms with Crippen LogP contribution in [0.1, 0.15) is 30.9 Å². The van der Waals surface area contributed by atoms with Gasteiger partial charge in [0.1, 0.15) is 5.75 Å². The van der Waals surface area contributed by atoms with Crippen LogP contribution >= 0.6 is 12.2 Å². The molecule has 6 heteroatoms. The van der Waals surface area contributed by atoms with E-state index in [4.69, 9.17) is 17.0 Å². The lowest BCUT2D eigenvalue weighted by molar-refractivity contribution is -0.128. The van der Waals surface area contributed by atoms with Crippen molar-refractivity contribution in [2.45, 2.75) is 32.9 Å². The summed E-state index contributed by atoms with van der Waals surface area (Å²) in [5, 5.41) is 6.99. The van der Waals surface area contributed by atoms with E-state index in [9.17, 15) is 4.79 Å². The lowest BCUT2D eigenvalue weighted by Crippen LogP contribution is -2.29. The number of thiocarbonyl (C=S) groups is 1. The monoisotopic (exact) mass is 383 g/mol. The van der Waals surface area contributed by atoms with Gasteiger partial charge in [-0.3, -0.25) is 4.79 Å². The molecular weight excluding hydrogens is 358 g/mol. The first kappa shape index (κ1) is 19.2. The minimum atomic E-state index is 0.238. The summed E-state index contributed by atoms with van der Waals surface area (Å²) in [5.41, 5.74) is 3.13. The molecule has 5 nitrogen and oxygen atoms in total. The van der Waals surface area contributed by atoms with Crippen molar-refractivity contribution in [3.8, 4) is 5.75 Å². The van der Waals surface area contributed by atoms with Crippen LogP contribution in [0.5, 0.6) is 5.75 Å². The maximum atomic E-state index is 11.9. The summed E-state index contributed by atoms with van der Waals surface area (Å²) in [6.07, 6.45) is 1.61. The molecule has 2 aromatic rings. The lowest BCUT2D eigenvalue weighted by atomic mass is 10.1. The van der Waals surface area contributed by atoms with E-state index in [1.165, 1.54) is 0 Å². The normalized spacial score (nSPS) is 13.5. The molecule has 0 bridgehead atoms. The average Bonchev–Trinajstić information content (AvgIpc) is 3.07. The Labute approximate surface area is 165 Å². The van der Waals surface area contributed by atoms with Gasteiger partial charge in [-0.15, -0.1) is 0 Å².